The Bertz CT molecular complexity index is 1220. The Morgan fingerprint density at radius 1 is 1.41 bits per heavy atom. The van der Waals surface area contributed by atoms with Crippen LogP contribution in [0.1, 0.15) is 23.0 Å². The number of fused-ring (bicyclic) bond motifs is 1. The van der Waals surface area contributed by atoms with Crippen LogP contribution in [0, 0.1) is 5.82 Å². The molecule has 0 saturated carbocycles. The quantitative estimate of drug-likeness (QED) is 0.588. The molecule has 2 aliphatic rings. The highest BCUT2D eigenvalue weighted by Gasteiger charge is 2.43. The minimum absolute atomic E-state index is 0.109. The van der Waals surface area contributed by atoms with Crippen LogP contribution in [0.5, 0.6) is 0 Å². The van der Waals surface area contributed by atoms with Crippen LogP contribution >= 0.6 is 22.9 Å². The van der Waals surface area contributed by atoms with Crippen LogP contribution < -0.4 is 9.44 Å². The first-order valence-electron chi connectivity index (χ1n) is 9.46. The van der Waals surface area contributed by atoms with E-state index in [2.05, 4.69) is 14.4 Å². The fourth-order valence-electron chi connectivity index (χ4n) is 3.77. The SMILES string of the molecule is CNS(=O)(=O)N[C@H]1CC2=C(C(=O)OC)[C@H](c3ccc(F)cc3Cl)N=C(c3nccs3)N2C1. The monoisotopic (exact) mass is 499 g/mol. The van der Waals surface area contributed by atoms with Crippen LogP contribution in [0.4, 0.5) is 4.39 Å². The molecule has 0 aliphatic carbocycles. The molecule has 3 heterocycles. The minimum Gasteiger partial charge on any atom is -0.466 e. The molecule has 170 valence electrons. The van der Waals surface area contributed by atoms with E-state index in [4.69, 9.17) is 21.3 Å². The van der Waals surface area contributed by atoms with Crippen LogP contribution in [0.3, 0.4) is 0 Å². The maximum Gasteiger partial charge on any atom is 0.338 e. The van der Waals surface area contributed by atoms with Gasteiger partial charge in [-0.1, -0.05) is 17.7 Å². The topological polar surface area (TPSA) is 113 Å². The Labute approximate surface area is 193 Å². The fraction of sp³-hybridized carbons (Fsp3) is 0.316. The lowest BCUT2D eigenvalue weighted by atomic mass is 9.94. The summed E-state index contributed by atoms with van der Waals surface area (Å²) in [4.78, 5) is 23.7. The lowest BCUT2D eigenvalue weighted by molar-refractivity contribution is -0.136. The average Bonchev–Trinajstić information content (AvgIpc) is 3.42. The summed E-state index contributed by atoms with van der Waals surface area (Å²) in [5.41, 5.74) is 1.19. The van der Waals surface area contributed by atoms with E-state index in [1.807, 2.05) is 0 Å². The summed E-state index contributed by atoms with van der Waals surface area (Å²) in [5, 5.41) is 2.48. The van der Waals surface area contributed by atoms with Crippen LogP contribution in [0.2, 0.25) is 5.02 Å². The number of aliphatic imine (C=N–C) groups is 1. The van der Waals surface area contributed by atoms with Crippen molar-refractivity contribution >= 4 is 45.0 Å². The van der Waals surface area contributed by atoms with Crippen LogP contribution in [0.25, 0.3) is 0 Å². The third-order valence-electron chi connectivity index (χ3n) is 5.14. The number of hydrogen-bond donors (Lipinski definition) is 2. The second-order valence-electron chi connectivity index (χ2n) is 7.05. The molecule has 0 bridgehead atoms. The molecule has 2 aromatic rings. The lowest BCUT2D eigenvalue weighted by Gasteiger charge is -2.31. The van der Waals surface area contributed by atoms with Crippen LogP contribution in [-0.4, -0.2) is 56.9 Å². The summed E-state index contributed by atoms with van der Waals surface area (Å²) in [6.07, 6.45) is 1.84. The molecule has 1 aromatic heterocycles. The van der Waals surface area contributed by atoms with Crippen molar-refractivity contribution < 1.29 is 22.3 Å². The zero-order valence-corrected chi connectivity index (χ0v) is 19.4. The smallest absolute Gasteiger partial charge is 0.338 e. The lowest BCUT2D eigenvalue weighted by Crippen LogP contribution is -2.43. The number of methoxy groups -OCH3 is 1. The minimum atomic E-state index is -3.72. The number of aromatic nitrogens is 1. The molecule has 1 fully saturated rings. The van der Waals surface area contributed by atoms with Crippen molar-refractivity contribution in [2.45, 2.75) is 18.5 Å². The van der Waals surface area contributed by atoms with Gasteiger partial charge < -0.3 is 9.64 Å². The highest BCUT2D eigenvalue weighted by molar-refractivity contribution is 7.87. The summed E-state index contributed by atoms with van der Waals surface area (Å²) in [6.45, 7) is 0.235. The van der Waals surface area contributed by atoms with Gasteiger partial charge in [-0.05, 0) is 12.1 Å². The van der Waals surface area contributed by atoms with Crippen molar-refractivity contribution in [3.8, 4) is 0 Å². The summed E-state index contributed by atoms with van der Waals surface area (Å²) >= 11 is 7.67. The molecule has 9 nitrogen and oxygen atoms in total. The van der Waals surface area contributed by atoms with Gasteiger partial charge in [0, 0.05) is 53.9 Å². The van der Waals surface area contributed by atoms with Gasteiger partial charge in [0.05, 0.1) is 12.7 Å². The molecule has 1 aromatic carbocycles. The molecule has 4 rings (SSSR count). The second-order valence-corrected chi connectivity index (χ2v) is 10.00. The molecule has 1 saturated heterocycles. The molecule has 2 N–H and O–H groups in total. The van der Waals surface area contributed by atoms with Crippen LogP contribution in [-0.2, 0) is 19.7 Å². The van der Waals surface area contributed by atoms with Gasteiger partial charge in [-0.3, -0.25) is 4.99 Å². The number of rotatable bonds is 6. The summed E-state index contributed by atoms with van der Waals surface area (Å²) in [6, 6.07) is 2.46. The van der Waals surface area contributed by atoms with E-state index >= 15 is 0 Å². The van der Waals surface area contributed by atoms with E-state index in [-0.39, 0.29) is 23.6 Å². The van der Waals surface area contributed by atoms with Crippen molar-refractivity contribution in [2.24, 2.45) is 4.99 Å². The Morgan fingerprint density at radius 3 is 2.81 bits per heavy atom. The Balaban J connectivity index is 1.87. The summed E-state index contributed by atoms with van der Waals surface area (Å²) in [7, 11) is -1.16. The number of benzene rings is 1. The van der Waals surface area contributed by atoms with Crippen LogP contribution in [0.15, 0.2) is 46.0 Å². The van der Waals surface area contributed by atoms with E-state index < -0.39 is 34.1 Å². The van der Waals surface area contributed by atoms with Gasteiger partial charge in [0.25, 0.3) is 10.2 Å². The van der Waals surface area contributed by atoms with Crippen molar-refractivity contribution in [1.82, 2.24) is 19.3 Å². The number of carbonyl (C=O) groups is 1. The van der Waals surface area contributed by atoms with Crippen molar-refractivity contribution in [2.75, 3.05) is 20.7 Å². The number of carbonyl (C=O) groups excluding carboxylic acids is 1. The summed E-state index contributed by atoms with van der Waals surface area (Å²) < 4.78 is 47.6. The number of halogens is 2. The molecule has 0 spiro atoms. The van der Waals surface area contributed by atoms with E-state index in [1.54, 1.807) is 16.5 Å². The zero-order valence-electron chi connectivity index (χ0n) is 17.0. The van der Waals surface area contributed by atoms with E-state index in [0.29, 0.717) is 22.1 Å². The number of nitrogens with zero attached hydrogens (tertiary/aromatic N) is 3. The first-order chi connectivity index (χ1) is 15.2. The zero-order chi connectivity index (χ0) is 23.0. The Morgan fingerprint density at radius 2 is 2.19 bits per heavy atom. The van der Waals surface area contributed by atoms with Gasteiger partial charge in [0.15, 0.2) is 10.8 Å². The first-order valence-corrected chi connectivity index (χ1v) is 12.2. The molecular weight excluding hydrogens is 481 g/mol. The third kappa shape index (κ3) is 4.28. The third-order valence-corrected chi connectivity index (χ3v) is 7.41. The maximum absolute atomic E-state index is 13.7. The number of nitrogens with one attached hydrogen (secondary N) is 2. The number of amidine groups is 1. The van der Waals surface area contributed by atoms with Gasteiger partial charge in [0.2, 0.25) is 0 Å². The molecule has 2 atom stereocenters. The molecule has 0 unspecified atom stereocenters. The molecule has 0 amide bonds. The second kappa shape index (κ2) is 8.87. The number of esters is 1. The standard InChI is InChI=1S/C19H19ClFN5O4S2/c1-22-32(28,29)25-11-8-14-15(19(27)30-2)16(12-4-3-10(21)7-13(12)20)24-17(26(14)9-11)18-23-5-6-31-18/h3-7,11,16,22,25H,8-9H2,1-2H3/t11-,16-/m0/s1. The molecule has 2 aliphatic heterocycles. The number of thiazole rings is 1. The Hall–Kier alpha value is -2.38. The average molecular weight is 500 g/mol. The van der Waals surface area contributed by atoms with Crippen molar-refractivity contribution in [3.05, 3.63) is 62.5 Å². The van der Waals surface area contributed by atoms with Crippen molar-refractivity contribution in [3.63, 3.8) is 0 Å². The van der Waals surface area contributed by atoms with E-state index in [0.717, 1.165) is 6.07 Å². The van der Waals surface area contributed by atoms with Crippen molar-refractivity contribution in [1.29, 1.82) is 0 Å². The summed E-state index contributed by atoms with van der Waals surface area (Å²) in [5.74, 6) is -0.677. The van der Waals surface area contributed by atoms with Gasteiger partial charge >= 0.3 is 5.97 Å². The van der Waals surface area contributed by atoms with Gasteiger partial charge in [-0.2, -0.15) is 13.1 Å². The van der Waals surface area contributed by atoms with Gasteiger partial charge in [-0.25, -0.2) is 18.9 Å². The fourth-order valence-corrected chi connectivity index (χ4v) is 5.40. The predicted molar refractivity (Wildman–Crippen MR) is 118 cm³/mol. The Kier molecular flexibility index (Phi) is 6.32. The number of ether oxygens (including phenoxy) is 1. The number of hydrogen-bond acceptors (Lipinski definition) is 8. The van der Waals surface area contributed by atoms with E-state index in [9.17, 15) is 17.6 Å². The van der Waals surface area contributed by atoms with E-state index in [1.165, 1.54) is 37.6 Å². The maximum atomic E-state index is 13.7. The highest BCUT2D eigenvalue weighted by atomic mass is 35.5. The van der Waals surface area contributed by atoms with Gasteiger partial charge in [-0.15, -0.1) is 11.3 Å². The normalized spacial score (nSPS) is 20.9. The first kappa shape index (κ1) is 22.8. The highest BCUT2D eigenvalue weighted by Crippen LogP contribution is 2.42. The predicted octanol–water partition coefficient (Wildman–Crippen LogP) is 1.99. The molecule has 32 heavy (non-hydrogen) atoms. The van der Waals surface area contributed by atoms with Gasteiger partial charge in [0.1, 0.15) is 11.9 Å². The molecule has 13 heteroatoms. The molecule has 0 radical (unpaired) electrons. The molecular formula is C19H19ClFN5O4S2. The largest absolute Gasteiger partial charge is 0.466 e.